The van der Waals surface area contributed by atoms with Crippen LogP contribution in [0.2, 0.25) is 0 Å². The zero-order valence-corrected chi connectivity index (χ0v) is 12.4. The maximum Gasteiger partial charge on any atom is 0.330 e. The van der Waals surface area contributed by atoms with Gasteiger partial charge >= 0.3 is 5.97 Å². The van der Waals surface area contributed by atoms with Crippen LogP contribution in [0, 0.1) is 5.82 Å². The predicted octanol–water partition coefficient (Wildman–Crippen LogP) is 4.00. The molecular weight excluding hydrogens is 283 g/mol. The second-order valence-corrected chi connectivity index (χ2v) is 4.96. The lowest BCUT2D eigenvalue weighted by atomic mass is 9.89. The number of carboxylic acids is 1. The topological polar surface area (TPSA) is 46.5 Å². The lowest BCUT2D eigenvalue weighted by Crippen LogP contribution is -2.04. The SMILES string of the molecule is COc1cccc(C(/C=C(\C)C(=O)O)c2cccc(F)c2)c1. The third kappa shape index (κ3) is 3.73. The summed E-state index contributed by atoms with van der Waals surface area (Å²) in [5.41, 5.74) is 1.73. The molecule has 0 aromatic heterocycles. The predicted molar refractivity (Wildman–Crippen MR) is 82.6 cm³/mol. The normalized spacial score (nSPS) is 12.8. The van der Waals surface area contributed by atoms with Gasteiger partial charge in [-0.05, 0) is 42.3 Å². The molecule has 1 N–H and O–H groups in total. The molecule has 0 aliphatic heterocycles. The molecule has 1 unspecified atom stereocenters. The van der Waals surface area contributed by atoms with E-state index in [0.29, 0.717) is 11.3 Å². The number of allylic oxidation sites excluding steroid dienone is 1. The molecule has 2 rings (SSSR count). The largest absolute Gasteiger partial charge is 0.497 e. The minimum absolute atomic E-state index is 0.206. The fourth-order valence-corrected chi connectivity index (χ4v) is 2.24. The molecular formula is C18H17FO3. The highest BCUT2D eigenvalue weighted by Crippen LogP contribution is 2.30. The Labute approximate surface area is 128 Å². The van der Waals surface area contributed by atoms with Crippen molar-refractivity contribution in [1.29, 1.82) is 0 Å². The van der Waals surface area contributed by atoms with Gasteiger partial charge < -0.3 is 9.84 Å². The van der Waals surface area contributed by atoms with Crippen molar-refractivity contribution in [1.82, 2.24) is 0 Å². The molecule has 0 spiro atoms. The number of aliphatic carboxylic acids is 1. The van der Waals surface area contributed by atoms with Crippen LogP contribution in [-0.4, -0.2) is 18.2 Å². The fourth-order valence-electron chi connectivity index (χ4n) is 2.24. The maximum absolute atomic E-state index is 13.5. The Hall–Kier alpha value is -2.62. The van der Waals surface area contributed by atoms with E-state index >= 15 is 0 Å². The second kappa shape index (κ2) is 6.89. The van der Waals surface area contributed by atoms with Crippen molar-refractivity contribution in [2.24, 2.45) is 0 Å². The lowest BCUT2D eigenvalue weighted by Gasteiger charge is -2.16. The van der Waals surface area contributed by atoms with E-state index in [1.54, 1.807) is 31.4 Å². The van der Waals surface area contributed by atoms with Crippen LogP contribution < -0.4 is 4.74 Å². The highest BCUT2D eigenvalue weighted by atomic mass is 19.1. The number of rotatable bonds is 5. The summed E-state index contributed by atoms with van der Waals surface area (Å²) in [6.45, 7) is 1.52. The standard InChI is InChI=1S/C18H17FO3/c1-12(18(20)21)9-17(13-5-3-7-15(19)10-13)14-6-4-8-16(11-14)22-2/h3-11,17H,1-2H3,(H,20,21)/b12-9+. The lowest BCUT2D eigenvalue weighted by molar-refractivity contribution is -0.132. The molecule has 2 aromatic rings. The molecule has 3 nitrogen and oxygen atoms in total. The molecule has 22 heavy (non-hydrogen) atoms. The van der Waals surface area contributed by atoms with Crippen molar-refractivity contribution in [3.63, 3.8) is 0 Å². The van der Waals surface area contributed by atoms with E-state index in [4.69, 9.17) is 9.84 Å². The van der Waals surface area contributed by atoms with Crippen molar-refractivity contribution < 1.29 is 19.0 Å². The number of methoxy groups -OCH3 is 1. The third-order valence-electron chi connectivity index (χ3n) is 3.41. The quantitative estimate of drug-likeness (QED) is 0.849. The summed E-state index contributed by atoms with van der Waals surface area (Å²) in [4.78, 5) is 11.1. The maximum atomic E-state index is 13.5. The minimum Gasteiger partial charge on any atom is -0.497 e. The Bertz CT molecular complexity index is 707. The number of carbonyl (C=O) groups is 1. The first kappa shape index (κ1) is 15.8. The van der Waals surface area contributed by atoms with E-state index in [9.17, 15) is 9.18 Å². The van der Waals surface area contributed by atoms with Gasteiger partial charge in [0.25, 0.3) is 0 Å². The van der Waals surface area contributed by atoms with E-state index < -0.39 is 5.97 Å². The van der Waals surface area contributed by atoms with E-state index in [2.05, 4.69) is 0 Å². The molecule has 114 valence electrons. The Morgan fingerprint density at radius 1 is 1.18 bits per heavy atom. The van der Waals surface area contributed by atoms with E-state index in [1.165, 1.54) is 19.1 Å². The first-order valence-corrected chi connectivity index (χ1v) is 6.82. The van der Waals surface area contributed by atoms with Gasteiger partial charge in [-0.15, -0.1) is 0 Å². The van der Waals surface area contributed by atoms with Crippen LogP contribution in [0.5, 0.6) is 5.75 Å². The summed E-state index contributed by atoms with van der Waals surface area (Å²) in [7, 11) is 1.56. The fraction of sp³-hybridized carbons (Fsp3) is 0.167. The van der Waals surface area contributed by atoms with Crippen molar-refractivity contribution >= 4 is 5.97 Å². The van der Waals surface area contributed by atoms with Gasteiger partial charge in [0.2, 0.25) is 0 Å². The first-order valence-electron chi connectivity index (χ1n) is 6.82. The van der Waals surface area contributed by atoms with Crippen LogP contribution >= 0.6 is 0 Å². The average molecular weight is 300 g/mol. The third-order valence-corrected chi connectivity index (χ3v) is 3.41. The highest BCUT2D eigenvalue weighted by molar-refractivity contribution is 5.86. The van der Waals surface area contributed by atoms with Crippen LogP contribution in [0.4, 0.5) is 4.39 Å². The monoisotopic (exact) mass is 300 g/mol. The van der Waals surface area contributed by atoms with Gasteiger partial charge in [-0.25, -0.2) is 9.18 Å². The molecule has 0 heterocycles. The van der Waals surface area contributed by atoms with Crippen LogP contribution in [0.25, 0.3) is 0 Å². The number of carboxylic acid groups (broad SMARTS) is 1. The Morgan fingerprint density at radius 2 is 1.82 bits per heavy atom. The molecule has 0 fully saturated rings. The van der Waals surface area contributed by atoms with Gasteiger partial charge in [0.1, 0.15) is 11.6 Å². The minimum atomic E-state index is -0.996. The molecule has 2 aromatic carbocycles. The van der Waals surface area contributed by atoms with Gasteiger partial charge in [0.05, 0.1) is 7.11 Å². The number of ether oxygens (including phenoxy) is 1. The summed E-state index contributed by atoms with van der Waals surface area (Å²) in [5, 5.41) is 9.11. The highest BCUT2D eigenvalue weighted by Gasteiger charge is 2.15. The van der Waals surface area contributed by atoms with Crippen LogP contribution in [0.1, 0.15) is 24.0 Å². The van der Waals surface area contributed by atoms with Gasteiger partial charge in [-0.3, -0.25) is 0 Å². The first-order chi connectivity index (χ1) is 10.5. The number of halogens is 1. The van der Waals surface area contributed by atoms with Crippen LogP contribution in [0.3, 0.4) is 0 Å². The molecule has 0 aliphatic carbocycles. The Balaban J connectivity index is 2.54. The Kier molecular flexibility index (Phi) is 4.94. The summed E-state index contributed by atoms with van der Waals surface area (Å²) >= 11 is 0. The van der Waals surface area contributed by atoms with Crippen molar-refractivity contribution in [3.8, 4) is 5.75 Å². The molecule has 0 aliphatic rings. The average Bonchev–Trinajstić information content (AvgIpc) is 2.52. The van der Waals surface area contributed by atoms with Gasteiger partial charge in [-0.1, -0.05) is 30.3 Å². The molecule has 0 bridgehead atoms. The zero-order valence-electron chi connectivity index (χ0n) is 12.4. The van der Waals surface area contributed by atoms with Crippen molar-refractivity contribution in [3.05, 3.63) is 77.1 Å². The summed E-state index contributed by atoms with van der Waals surface area (Å²) in [5.74, 6) is -1.04. The van der Waals surface area contributed by atoms with E-state index in [0.717, 1.165) is 5.56 Å². The Morgan fingerprint density at radius 3 is 2.41 bits per heavy atom. The van der Waals surface area contributed by atoms with Gasteiger partial charge in [-0.2, -0.15) is 0 Å². The molecule has 0 radical (unpaired) electrons. The van der Waals surface area contributed by atoms with Crippen LogP contribution in [0.15, 0.2) is 60.2 Å². The molecule has 0 saturated carbocycles. The van der Waals surface area contributed by atoms with Gasteiger partial charge in [0.15, 0.2) is 0 Å². The second-order valence-electron chi connectivity index (χ2n) is 4.96. The number of hydrogen-bond acceptors (Lipinski definition) is 2. The molecule has 1 atom stereocenters. The summed E-state index contributed by atoms with van der Waals surface area (Å²) in [6.07, 6.45) is 1.62. The van der Waals surface area contributed by atoms with E-state index in [1.807, 2.05) is 18.2 Å². The smallest absolute Gasteiger partial charge is 0.330 e. The van der Waals surface area contributed by atoms with Gasteiger partial charge in [0, 0.05) is 11.5 Å². The molecule has 0 saturated heterocycles. The number of benzene rings is 2. The van der Waals surface area contributed by atoms with Crippen molar-refractivity contribution in [2.75, 3.05) is 7.11 Å². The van der Waals surface area contributed by atoms with Crippen molar-refractivity contribution in [2.45, 2.75) is 12.8 Å². The molecule has 4 heteroatoms. The summed E-state index contributed by atoms with van der Waals surface area (Å²) < 4.78 is 18.7. The van der Waals surface area contributed by atoms with Crippen LogP contribution in [-0.2, 0) is 4.79 Å². The number of hydrogen-bond donors (Lipinski definition) is 1. The summed E-state index contributed by atoms with van der Waals surface area (Å²) in [6, 6.07) is 13.5. The molecule has 0 amide bonds. The van der Waals surface area contributed by atoms with E-state index in [-0.39, 0.29) is 17.3 Å². The zero-order chi connectivity index (χ0) is 16.1.